The maximum Gasteiger partial charge on any atom is 0.278 e. The van der Waals surface area contributed by atoms with Crippen LogP contribution in [0.2, 0.25) is 5.02 Å². The van der Waals surface area contributed by atoms with E-state index in [1.54, 1.807) is 34.9 Å². The molecule has 0 saturated carbocycles. The van der Waals surface area contributed by atoms with Gasteiger partial charge in [-0.2, -0.15) is 0 Å². The van der Waals surface area contributed by atoms with Crippen molar-refractivity contribution in [3.05, 3.63) is 40.5 Å². The third-order valence-corrected chi connectivity index (χ3v) is 3.84. The van der Waals surface area contributed by atoms with Crippen LogP contribution < -0.4 is 0 Å². The van der Waals surface area contributed by atoms with E-state index in [-0.39, 0.29) is 5.91 Å². The van der Waals surface area contributed by atoms with Crippen molar-refractivity contribution in [2.24, 2.45) is 4.99 Å². The Labute approximate surface area is 108 Å². The second kappa shape index (κ2) is 4.20. The summed E-state index contributed by atoms with van der Waals surface area (Å²) in [5.74, 6) is 0.943. The molecule has 1 saturated heterocycles. The number of amidine groups is 1. The molecule has 2 heterocycles. The Morgan fingerprint density at radius 1 is 1.35 bits per heavy atom. The van der Waals surface area contributed by atoms with Gasteiger partial charge in [0.2, 0.25) is 0 Å². The maximum atomic E-state index is 12.0. The van der Waals surface area contributed by atoms with Crippen molar-refractivity contribution in [3.8, 4) is 0 Å². The number of fused-ring (bicyclic) bond motifs is 1. The van der Waals surface area contributed by atoms with E-state index < -0.39 is 0 Å². The van der Waals surface area contributed by atoms with E-state index in [1.165, 1.54) is 0 Å². The second-order valence-electron chi connectivity index (χ2n) is 3.78. The average Bonchev–Trinajstić information content (AvgIpc) is 2.87. The number of benzene rings is 1. The first-order valence-electron chi connectivity index (χ1n) is 5.25. The molecule has 5 heteroatoms. The normalized spacial score (nSPS) is 21.0. The number of carbonyl (C=O) groups excluding carboxylic acids is 1. The molecule has 1 aromatic rings. The van der Waals surface area contributed by atoms with E-state index in [2.05, 4.69) is 4.99 Å². The Balaban J connectivity index is 1.93. The van der Waals surface area contributed by atoms with Crippen LogP contribution in [-0.4, -0.2) is 28.3 Å². The van der Waals surface area contributed by atoms with Crippen LogP contribution in [0, 0.1) is 0 Å². The van der Waals surface area contributed by atoms with Crippen molar-refractivity contribution in [2.75, 3.05) is 12.3 Å². The number of thioether (sulfide) groups is 1. The maximum absolute atomic E-state index is 12.0. The zero-order valence-electron chi connectivity index (χ0n) is 8.89. The van der Waals surface area contributed by atoms with Gasteiger partial charge < -0.3 is 0 Å². The van der Waals surface area contributed by atoms with Gasteiger partial charge >= 0.3 is 0 Å². The van der Waals surface area contributed by atoms with E-state index in [0.717, 1.165) is 23.0 Å². The summed E-state index contributed by atoms with van der Waals surface area (Å²) < 4.78 is 0. The predicted molar refractivity (Wildman–Crippen MR) is 71.0 cm³/mol. The molecule has 0 unspecified atom stereocenters. The van der Waals surface area contributed by atoms with Gasteiger partial charge in [0.25, 0.3) is 5.91 Å². The Morgan fingerprint density at radius 3 is 2.82 bits per heavy atom. The fraction of sp³-hybridized carbons (Fsp3) is 0.167. The molecule has 2 aliphatic rings. The molecule has 3 nitrogen and oxygen atoms in total. The molecule has 1 aromatic carbocycles. The third-order valence-electron chi connectivity index (χ3n) is 2.63. The minimum absolute atomic E-state index is 0.0000463. The standard InChI is InChI=1S/C12H9ClN2OS/c13-9-3-1-8(2-4-9)7-10-11(16)15-5-6-17-12(15)14-10/h1-4,7H,5-6H2/b10-7+. The number of nitrogens with zero attached hydrogens (tertiary/aromatic N) is 2. The Hall–Kier alpha value is -1.26. The van der Waals surface area contributed by atoms with Gasteiger partial charge in [-0.15, -0.1) is 0 Å². The lowest BCUT2D eigenvalue weighted by Gasteiger charge is -2.05. The van der Waals surface area contributed by atoms with Crippen LogP contribution in [0.4, 0.5) is 0 Å². The van der Waals surface area contributed by atoms with Crippen molar-refractivity contribution in [1.29, 1.82) is 0 Å². The average molecular weight is 265 g/mol. The molecule has 0 N–H and O–H groups in total. The van der Waals surface area contributed by atoms with Crippen LogP contribution in [0.5, 0.6) is 0 Å². The van der Waals surface area contributed by atoms with Crippen molar-refractivity contribution >= 4 is 40.5 Å². The number of amides is 1. The predicted octanol–water partition coefficient (Wildman–Crippen LogP) is 2.63. The highest BCUT2D eigenvalue weighted by atomic mass is 35.5. The highest BCUT2D eigenvalue weighted by molar-refractivity contribution is 8.14. The van der Waals surface area contributed by atoms with Gasteiger partial charge in [0.15, 0.2) is 5.17 Å². The highest BCUT2D eigenvalue weighted by Gasteiger charge is 2.33. The van der Waals surface area contributed by atoms with Crippen LogP contribution in [0.1, 0.15) is 5.56 Å². The van der Waals surface area contributed by atoms with Gasteiger partial charge in [-0.05, 0) is 23.8 Å². The lowest BCUT2D eigenvalue weighted by molar-refractivity contribution is -0.122. The van der Waals surface area contributed by atoms with E-state index >= 15 is 0 Å². The zero-order valence-corrected chi connectivity index (χ0v) is 10.5. The number of hydrogen-bond donors (Lipinski definition) is 0. The summed E-state index contributed by atoms with van der Waals surface area (Å²) >= 11 is 7.43. The fourth-order valence-electron chi connectivity index (χ4n) is 1.78. The molecule has 3 rings (SSSR count). The molecule has 0 aromatic heterocycles. The third kappa shape index (κ3) is 1.98. The quantitative estimate of drug-likeness (QED) is 0.731. The SMILES string of the molecule is O=C1/C(=C\c2ccc(Cl)cc2)N=C2SCCN12. The van der Waals surface area contributed by atoms with Crippen molar-refractivity contribution < 1.29 is 4.79 Å². The fourth-order valence-corrected chi connectivity index (χ4v) is 2.86. The lowest BCUT2D eigenvalue weighted by atomic mass is 10.2. The molecule has 1 fully saturated rings. The second-order valence-corrected chi connectivity index (χ2v) is 5.28. The number of carbonyl (C=O) groups is 1. The molecule has 0 radical (unpaired) electrons. The zero-order chi connectivity index (χ0) is 11.8. The van der Waals surface area contributed by atoms with Gasteiger partial charge in [-0.1, -0.05) is 35.5 Å². The Kier molecular flexibility index (Phi) is 2.68. The monoisotopic (exact) mass is 264 g/mol. The van der Waals surface area contributed by atoms with E-state index in [9.17, 15) is 4.79 Å². The van der Waals surface area contributed by atoms with Crippen molar-refractivity contribution in [3.63, 3.8) is 0 Å². The molecular formula is C12H9ClN2OS. The molecule has 0 atom stereocenters. The summed E-state index contributed by atoms with van der Waals surface area (Å²) in [6.07, 6.45) is 1.80. The van der Waals surface area contributed by atoms with Gasteiger partial charge in [0, 0.05) is 17.3 Å². The first-order chi connectivity index (χ1) is 8.24. The summed E-state index contributed by atoms with van der Waals surface area (Å²) in [4.78, 5) is 18.0. The molecule has 17 heavy (non-hydrogen) atoms. The molecule has 1 amide bonds. The minimum atomic E-state index is -0.0000463. The van der Waals surface area contributed by atoms with Gasteiger partial charge in [-0.3, -0.25) is 9.69 Å². The van der Waals surface area contributed by atoms with E-state index in [0.29, 0.717) is 10.7 Å². The summed E-state index contributed by atoms with van der Waals surface area (Å²) in [5, 5.41) is 1.52. The van der Waals surface area contributed by atoms with Crippen LogP contribution in [-0.2, 0) is 4.79 Å². The molecule has 0 bridgehead atoms. The summed E-state index contributed by atoms with van der Waals surface area (Å²) in [6, 6.07) is 7.35. The van der Waals surface area contributed by atoms with Crippen LogP contribution in [0.25, 0.3) is 6.08 Å². The van der Waals surface area contributed by atoms with Gasteiger partial charge in [-0.25, -0.2) is 4.99 Å². The topological polar surface area (TPSA) is 32.7 Å². The van der Waals surface area contributed by atoms with Crippen molar-refractivity contribution in [1.82, 2.24) is 4.90 Å². The van der Waals surface area contributed by atoms with Crippen LogP contribution in [0.3, 0.4) is 0 Å². The Morgan fingerprint density at radius 2 is 2.12 bits per heavy atom. The van der Waals surface area contributed by atoms with Gasteiger partial charge in [0.05, 0.1) is 0 Å². The number of hydrogen-bond acceptors (Lipinski definition) is 3. The Bertz CT molecular complexity index is 536. The highest BCUT2D eigenvalue weighted by Crippen LogP contribution is 2.28. The van der Waals surface area contributed by atoms with Crippen molar-refractivity contribution in [2.45, 2.75) is 0 Å². The van der Waals surface area contributed by atoms with Crippen LogP contribution >= 0.6 is 23.4 Å². The summed E-state index contributed by atoms with van der Waals surface area (Å²) in [7, 11) is 0. The summed E-state index contributed by atoms with van der Waals surface area (Å²) in [6.45, 7) is 0.764. The lowest BCUT2D eigenvalue weighted by Crippen LogP contribution is -2.26. The summed E-state index contributed by atoms with van der Waals surface area (Å²) in [5.41, 5.74) is 1.45. The first kappa shape index (κ1) is 10.9. The molecule has 86 valence electrons. The smallest absolute Gasteiger partial charge is 0.278 e. The number of rotatable bonds is 1. The molecule has 2 aliphatic heterocycles. The number of aliphatic imine (C=N–C) groups is 1. The largest absolute Gasteiger partial charge is 0.285 e. The molecule has 0 aliphatic carbocycles. The minimum Gasteiger partial charge on any atom is -0.285 e. The van der Waals surface area contributed by atoms with Crippen LogP contribution in [0.15, 0.2) is 35.0 Å². The molecular weight excluding hydrogens is 256 g/mol. The van der Waals surface area contributed by atoms with E-state index in [4.69, 9.17) is 11.6 Å². The van der Waals surface area contributed by atoms with E-state index in [1.807, 2.05) is 12.1 Å². The van der Waals surface area contributed by atoms with Gasteiger partial charge in [0.1, 0.15) is 5.70 Å². The first-order valence-corrected chi connectivity index (χ1v) is 6.61. The molecule has 0 spiro atoms. The number of halogens is 1.